The molecule has 0 radical (unpaired) electrons. The number of rotatable bonds is 4. The minimum Gasteiger partial charge on any atom is -0.392 e. The second kappa shape index (κ2) is 5.83. The van der Waals surface area contributed by atoms with Gasteiger partial charge in [0.25, 0.3) is 0 Å². The van der Waals surface area contributed by atoms with Gasteiger partial charge in [-0.2, -0.15) is 0 Å². The lowest BCUT2D eigenvalue weighted by Crippen LogP contribution is -2.34. The first-order valence-corrected chi connectivity index (χ1v) is 8.62. The summed E-state index contributed by atoms with van der Waals surface area (Å²) in [6.07, 6.45) is 2.35. The van der Waals surface area contributed by atoms with Crippen LogP contribution in [0, 0.1) is 11.2 Å². The Balaban J connectivity index is 2.30. The second-order valence-electron chi connectivity index (χ2n) is 6.26. The summed E-state index contributed by atoms with van der Waals surface area (Å²) in [5, 5.41) is 9.15. The van der Waals surface area contributed by atoms with Gasteiger partial charge in [-0.05, 0) is 36.8 Å². The Hall–Kier alpha value is -0.690. The smallest absolute Gasteiger partial charge is 0.243 e. The van der Waals surface area contributed by atoms with Crippen molar-refractivity contribution in [1.29, 1.82) is 0 Å². The van der Waals surface area contributed by atoms with E-state index < -0.39 is 27.3 Å². The summed E-state index contributed by atoms with van der Waals surface area (Å²) in [4.78, 5) is -0.510. The molecule has 1 saturated carbocycles. The molecule has 1 unspecified atom stereocenters. The highest BCUT2D eigenvalue weighted by molar-refractivity contribution is 7.89. The molecular formula is C14H19ClFNO3S. The largest absolute Gasteiger partial charge is 0.392 e. The summed E-state index contributed by atoms with van der Waals surface area (Å²) >= 11 is 5.80. The van der Waals surface area contributed by atoms with E-state index in [4.69, 9.17) is 16.7 Å². The number of halogens is 2. The van der Waals surface area contributed by atoms with Crippen molar-refractivity contribution in [3.05, 3.63) is 28.5 Å². The summed E-state index contributed by atoms with van der Waals surface area (Å²) < 4.78 is 41.4. The normalized spacial score (nSPS) is 21.7. The van der Waals surface area contributed by atoms with Crippen molar-refractivity contribution in [2.75, 3.05) is 0 Å². The summed E-state index contributed by atoms with van der Waals surface area (Å²) in [6.45, 7) is 3.54. The van der Waals surface area contributed by atoms with Gasteiger partial charge in [0.05, 0.1) is 6.61 Å². The highest BCUT2D eigenvalue weighted by Crippen LogP contribution is 2.37. The number of hydrogen-bond donors (Lipinski definition) is 2. The van der Waals surface area contributed by atoms with Gasteiger partial charge in [-0.25, -0.2) is 17.5 Å². The molecule has 7 heteroatoms. The fourth-order valence-corrected chi connectivity index (χ4v) is 4.47. The molecule has 0 spiro atoms. The standard InChI is InChI=1S/C14H19ClFNO3S/c1-14(2)4-3-11(7-14)17-21(19,20)12-6-10(15)5-9(8-18)13(12)16/h5-6,11,17-18H,3-4,7-8H2,1-2H3. The number of benzene rings is 1. The van der Waals surface area contributed by atoms with Crippen LogP contribution in [0.25, 0.3) is 0 Å². The number of hydrogen-bond acceptors (Lipinski definition) is 3. The Morgan fingerprint density at radius 1 is 1.48 bits per heavy atom. The molecule has 0 amide bonds. The van der Waals surface area contributed by atoms with E-state index >= 15 is 0 Å². The molecule has 0 saturated heterocycles. The molecule has 1 aromatic rings. The van der Waals surface area contributed by atoms with Gasteiger partial charge < -0.3 is 5.11 Å². The fraction of sp³-hybridized carbons (Fsp3) is 0.571. The van der Waals surface area contributed by atoms with Gasteiger partial charge in [-0.3, -0.25) is 0 Å². The SMILES string of the molecule is CC1(C)CCC(NS(=O)(=O)c2cc(Cl)cc(CO)c2F)C1. The number of nitrogens with one attached hydrogen (secondary N) is 1. The third-order valence-corrected chi connectivity index (χ3v) is 5.57. The minimum absolute atomic E-state index is 0.0765. The fourth-order valence-electron chi connectivity index (χ4n) is 2.75. The van der Waals surface area contributed by atoms with Crippen molar-refractivity contribution >= 4 is 21.6 Å². The number of aliphatic hydroxyl groups excluding tert-OH is 1. The monoisotopic (exact) mass is 335 g/mol. The van der Waals surface area contributed by atoms with Crippen LogP contribution in [0.4, 0.5) is 4.39 Å². The predicted molar refractivity (Wildman–Crippen MR) is 79.1 cm³/mol. The molecule has 21 heavy (non-hydrogen) atoms. The molecular weight excluding hydrogens is 317 g/mol. The maximum absolute atomic E-state index is 14.1. The predicted octanol–water partition coefficient (Wildman–Crippen LogP) is 2.83. The first kappa shape index (κ1) is 16.7. The van der Waals surface area contributed by atoms with Crippen LogP contribution in [0.5, 0.6) is 0 Å². The molecule has 0 bridgehead atoms. The average Bonchev–Trinajstić information content (AvgIpc) is 2.70. The van der Waals surface area contributed by atoms with E-state index in [2.05, 4.69) is 18.6 Å². The molecule has 2 N–H and O–H groups in total. The van der Waals surface area contributed by atoms with Crippen molar-refractivity contribution in [2.24, 2.45) is 5.41 Å². The van der Waals surface area contributed by atoms with Gasteiger partial charge in [-0.15, -0.1) is 0 Å². The third kappa shape index (κ3) is 3.74. The van der Waals surface area contributed by atoms with Crippen molar-refractivity contribution in [3.8, 4) is 0 Å². The molecule has 4 nitrogen and oxygen atoms in total. The van der Waals surface area contributed by atoms with Crippen LogP contribution in [0.3, 0.4) is 0 Å². The van der Waals surface area contributed by atoms with Gasteiger partial charge in [-0.1, -0.05) is 25.4 Å². The van der Waals surface area contributed by atoms with E-state index in [-0.39, 0.29) is 22.0 Å². The first-order chi connectivity index (χ1) is 9.64. The molecule has 0 heterocycles. The summed E-state index contributed by atoms with van der Waals surface area (Å²) in [5.41, 5.74) is -0.0503. The lowest BCUT2D eigenvalue weighted by Gasteiger charge is -2.18. The highest BCUT2D eigenvalue weighted by Gasteiger charge is 2.34. The second-order valence-corrected chi connectivity index (χ2v) is 8.38. The van der Waals surface area contributed by atoms with Crippen LogP contribution in [0.2, 0.25) is 5.02 Å². The maximum atomic E-state index is 14.1. The minimum atomic E-state index is -4.00. The van der Waals surface area contributed by atoms with E-state index in [0.717, 1.165) is 18.9 Å². The van der Waals surface area contributed by atoms with E-state index in [1.165, 1.54) is 6.07 Å². The Morgan fingerprint density at radius 3 is 2.67 bits per heavy atom. The van der Waals surface area contributed by atoms with Crippen LogP contribution >= 0.6 is 11.6 Å². The van der Waals surface area contributed by atoms with Crippen molar-refractivity contribution in [1.82, 2.24) is 4.72 Å². The molecule has 118 valence electrons. The van der Waals surface area contributed by atoms with E-state index in [1.54, 1.807) is 0 Å². The molecule has 2 rings (SSSR count). The Kier molecular flexibility index (Phi) is 4.63. The van der Waals surface area contributed by atoms with Crippen LogP contribution in [-0.2, 0) is 16.6 Å². The topological polar surface area (TPSA) is 66.4 Å². The maximum Gasteiger partial charge on any atom is 0.243 e. The zero-order valence-electron chi connectivity index (χ0n) is 12.0. The summed E-state index contributed by atoms with van der Waals surface area (Å²) in [7, 11) is -4.00. The van der Waals surface area contributed by atoms with Gasteiger partial charge in [0.15, 0.2) is 0 Å². The average molecular weight is 336 g/mol. The van der Waals surface area contributed by atoms with Crippen LogP contribution in [-0.4, -0.2) is 19.6 Å². The van der Waals surface area contributed by atoms with Gasteiger partial charge in [0.1, 0.15) is 10.7 Å². The molecule has 1 aliphatic carbocycles. The van der Waals surface area contributed by atoms with Crippen molar-refractivity contribution in [2.45, 2.75) is 50.7 Å². The van der Waals surface area contributed by atoms with E-state index in [0.29, 0.717) is 6.42 Å². The van der Waals surface area contributed by atoms with Gasteiger partial charge >= 0.3 is 0 Å². The highest BCUT2D eigenvalue weighted by atomic mass is 35.5. The summed E-state index contributed by atoms with van der Waals surface area (Å²) in [6, 6.07) is 2.08. The molecule has 0 aromatic heterocycles. The molecule has 1 atom stereocenters. The lowest BCUT2D eigenvalue weighted by atomic mass is 9.92. The zero-order chi connectivity index (χ0) is 15.8. The zero-order valence-corrected chi connectivity index (χ0v) is 13.6. The van der Waals surface area contributed by atoms with Crippen LogP contribution in [0.15, 0.2) is 17.0 Å². The van der Waals surface area contributed by atoms with Crippen LogP contribution < -0.4 is 4.72 Å². The molecule has 1 fully saturated rings. The van der Waals surface area contributed by atoms with E-state index in [9.17, 15) is 12.8 Å². The van der Waals surface area contributed by atoms with E-state index in [1.807, 2.05) is 0 Å². The van der Waals surface area contributed by atoms with Crippen molar-refractivity contribution < 1.29 is 17.9 Å². The van der Waals surface area contributed by atoms with Crippen LogP contribution in [0.1, 0.15) is 38.7 Å². The van der Waals surface area contributed by atoms with Gasteiger partial charge in [0.2, 0.25) is 10.0 Å². The quantitative estimate of drug-likeness (QED) is 0.889. The summed E-state index contributed by atoms with van der Waals surface area (Å²) in [5.74, 6) is -0.952. The third-order valence-electron chi connectivity index (χ3n) is 3.83. The lowest BCUT2D eigenvalue weighted by molar-refractivity contribution is 0.274. The number of sulfonamides is 1. The van der Waals surface area contributed by atoms with Gasteiger partial charge in [0, 0.05) is 16.6 Å². The van der Waals surface area contributed by atoms with Crippen molar-refractivity contribution in [3.63, 3.8) is 0 Å². The molecule has 0 aliphatic heterocycles. The Morgan fingerprint density at radius 2 is 2.14 bits per heavy atom. The Labute approximate surface area is 129 Å². The Bertz CT molecular complexity index is 646. The number of aliphatic hydroxyl groups is 1. The first-order valence-electron chi connectivity index (χ1n) is 6.76. The molecule has 1 aromatic carbocycles. The molecule has 1 aliphatic rings.